The molecule has 0 saturated carbocycles. The summed E-state index contributed by atoms with van der Waals surface area (Å²) in [6.45, 7) is 2.53. The highest BCUT2D eigenvalue weighted by Gasteiger charge is 2.21. The minimum atomic E-state index is -0.324. The van der Waals surface area contributed by atoms with E-state index in [0.717, 1.165) is 21.3 Å². The van der Waals surface area contributed by atoms with Gasteiger partial charge in [0.05, 0.1) is 13.0 Å². The number of ether oxygens (including phenoxy) is 1. The average molecular weight is 348 g/mol. The van der Waals surface area contributed by atoms with E-state index in [9.17, 15) is 4.79 Å². The number of carbonyl (C=O) groups excluding carboxylic acids is 1. The van der Waals surface area contributed by atoms with E-state index in [4.69, 9.17) is 4.74 Å². The molecule has 1 atom stereocenters. The summed E-state index contributed by atoms with van der Waals surface area (Å²) in [6.07, 6.45) is 0. The highest BCUT2D eigenvalue weighted by Crippen LogP contribution is 2.23. The molecule has 2 rings (SSSR count). The molecule has 0 bridgehead atoms. The first-order chi connectivity index (χ1) is 10.1. The van der Waals surface area contributed by atoms with E-state index >= 15 is 0 Å². The normalized spacial score (nSPS) is 11.8. The van der Waals surface area contributed by atoms with Gasteiger partial charge in [0, 0.05) is 16.7 Å². The number of methoxy groups -OCH3 is 1. The SMILES string of the molecule is COC(=O)C(CNc1cc(Br)ccc1C)c1ccccc1. The predicted octanol–water partition coefficient (Wildman–Crippen LogP) is 4.13. The summed E-state index contributed by atoms with van der Waals surface area (Å²) in [4.78, 5) is 12.0. The van der Waals surface area contributed by atoms with Crippen molar-refractivity contribution in [2.45, 2.75) is 12.8 Å². The number of benzene rings is 2. The molecule has 110 valence electrons. The molecule has 0 spiro atoms. The van der Waals surface area contributed by atoms with Crippen LogP contribution in [0.1, 0.15) is 17.0 Å². The topological polar surface area (TPSA) is 38.3 Å². The van der Waals surface area contributed by atoms with Crippen molar-refractivity contribution in [2.75, 3.05) is 19.0 Å². The van der Waals surface area contributed by atoms with Crippen molar-refractivity contribution in [1.82, 2.24) is 0 Å². The van der Waals surface area contributed by atoms with Crippen LogP contribution in [0.5, 0.6) is 0 Å². The van der Waals surface area contributed by atoms with Gasteiger partial charge in [-0.25, -0.2) is 0 Å². The fourth-order valence-electron chi connectivity index (χ4n) is 2.16. The molecule has 0 amide bonds. The number of hydrogen-bond donors (Lipinski definition) is 1. The van der Waals surface area contributed by atoms with Crippen LogP contribution in [-0.4, -0.2) is 19.6 Å². The van der Waals surface area contributed by atoms with Gasteiger partial charge >= 0.3 is 5.97 Å². The Morgan fingerprint density at radius 3 is 2.62 bits per heavy atom. The molecule has 4 heteroatoms. The second-order valence-corrected chi connectivity index (χ2v) is 5.74. The average Bonchev–Trinajstić information content (AvgIpc) is 2.51. The highest BCUT2D eigenvalue weighted by atomic mass is 79.9. The quantitative estimate of drug-likeness (QED) is 0.826. The summed E-state index contributed by atoms with van der Waals surface area (Å²) < 4.78 is 5.93. The van der Waals surface area contributed by atoms with Crippen LogP contribution in [0.4, 0.5) is 5.69 Å². The Labute approximate surface area is 133 Å². The van der Waals surface area contributed by atoms with Crippen molar-refractivity contribution in [3.8, 4) is 0 Å². The lowest BCUT2D eigenvalue weighted by Crippen LogP contribution is -2.22. The van der Waals surface area contributed by atoms with Crippen LogP contribution in [-0.2, 0) is 9.53 Å². The van der Waals surface area contributed by atoms with E-state index in [-0.39, 0.29) is 11.9 Å². The van der Waals surface area contributed by atoms with E-state index in [1.807, 2.05) is 55.5 Å². The molecule has 3 nitrogen and oxygen atoms in total. The van der Waals surface area contributed by atoms with Gasteiger partial charge in [0.15, 0.2) is 0 Å². The fourth-order valence-corrected chi connectivity index (χ4v) is 2.52. The lowest BCUT2D eigenvalue weighted by atomic mass is 9.99. The van der Waals surface area contributed by atoms with Crippen LogP contribution in [0, 0.1) is 6.92 Å². The number of nitrogens with one attached hydrogen (secondary N) is 1. The molecule has 0 aromatic heterocycles. The first-order valence-electron chi connectivity index (χ1n) is 6.74. The summed E-state index contributed by atoms with van der Waals surface area (Å²) >= 11 is 3.46. The van der Waals surface area contributed by atoms with Crippen molar-refractivity contribution >= 4 is 27.6 Å². The monoisotopic (exact) mass is 347 g/mol. The van der Waals surface area contributed by atoms with E-state index in [1.165, 1.54) is 7.11 Å². The second kappa shape index (κ2) is 7.27. The van der Waals surface area contributed by atoms with E-state index < -0.39 is 0 Å². The van der Waals surface area contributed by atoms with Gasteiger partial charge in [-0.2, -0.15) is 0 Å². The summed E-state index contributed by atoms with van der Waals surface area (Å²) in [6, 6.07) is 15.7. The van der Waals surface area contributed by atoms with Crippen molar-refractivity contribution in [1.29, 1.82) is 0 Å². The number of halogens is 1. The number of hydrogen-bond acceptors (Lipinski definition) is 3. The number of esters is 1. The third kappa shape index (κ3) is 4.08. The summed E-state index contributed by atoms with van der Waals surface area (Å²) in [7, 11) is 1.42. The molecule has 0 aliphatic heterocycles. The van der Waals surface area contributed by atoms with Crippen LogP contribution in [0.3, 0.4) is 0 Å². The zero-order valence-electron chi connectivity index (χ0n) is 12.1. The van der Waals surface area contributed by atoms with Crippen molar-refractivity contribution < 1.29 is 9.53 Å². The molecular formula is C17H18BrNO2. The molecule has 0 radical (unpaired) electrons. The van der Waals surface area contributed by atoms with Gasteiger partial charge in [0.25, 0.3) is 0 Å². The summed E-state index contributed by atoms with van der Waals surface area (Å²) in [5.41, 5.74) is 3.09. The maximum atomic E-state index is 12.0. The molecule has 0 aliphatic carbocycles. The Balaban J connectivity index is 2.16. The van der Waals surface area contributed by atoms with E-state index in [1.54, 1.807) is 0 Å². The van der Waals surface area contributed by atoms with Crippen LogP contribution in [0.2, 0.25) is 0 Å². The van der Waals surface area contributed by atoms with Gasteiger partial charge in [-0.05, 0) is 30.2 Å². The molecule has 21 heavy (non-hydrogen) atoms. The number of carbonyl (C=O) groups is 1. The van der Waals surface area contributed by atoms with Crippen LogP contribution in [0.15, 0.2) is 53.0 Å². The zero-order valence-corrected chi connectivity index (χ0v) is 13.7. The number of anilines is 1. The van der Waals surface area contributed by atoms with E-state index in [2.05, 4.69) is 21.2 Å². The Morgan fingerprint density at radius 1 is 1.24 bits per heavy atom. The van der Waals surface area contributed by atoms with Crippen molar-refractivity contribution in [3.63, 3.8) is 0 Å². The van der Waals surface area contributed by atoms with Gasteiger partial charge in [-0.1, -0.05) is 52.3 Å². The Morgan fingerprint density at radius 2 is 1.95 bits per heavy atom. The molecular weight excluding hydrogens is 330 g/mol. The Kier molecular flexibility index (Phi) is 5.39. The van der Waals surface area contributed by atoms with Gasteiger partial charge in [-0.3, -0.25) is 4.79 Å². The highest BCUT2D eigenvalue weighted by molar-refractivity contribution is 9.10. The molecule has 0 aliphatic rings. The van der Waals surface area contributed by atoms with Crippen molar-refractivity contribution in [2.24, 2.45) is 0 Å². The molecule has 1 N–H and O–H groups in total. The molecule has 0 fully saturated rings. The van der Waals surface area contributed by atoms with Gasteiger partial charge in [-0.15, -0.1) is 0 Å². The van der Waals surface area contributed by atoms with Crippen molar-refractivity contribution in [3.05, 3.63) is 64.1 Å². The van der Waals surface area contributed by atoms with Crippen LogP contribution in [0.25, 0.3) is 0 Å². The standard InChI is InChI=1S/C17H18BrNO2/c1-12-8-9-14(18)10-16(12)19-11-15(17(20)21-2)13-6-4-3-5-7-13/h3-10,15,19H,11H2,1-2H3. The van der Waals surface area contributed by atoms with Gasteiger partial charge in [0.2, 0.25) is 0 Å². The minimum Gasteiger partial charge on any atom is -0.468 e. The first-order valence-corrected chi connectivity index (χ1v) is 7.54. The maximum absolute atomic E-state index is 12.0. The summed E-state index contributed by atoms with van der Waals surface area (Å²) in [5, 5.41) is 3.34. The fraction of sp³-hybridized carbons (Fsp3) is 0.235. The largest absolute Gasteiger partial charge is 0.468 e. The minimum absolute atomic E-state index is 0.235. The third-order valence-corrected chi connectivity index (χ3v) is 3.88. The Bertz CT molecular complexity index is 613. The summed E-state index contributed by atoms with van der Waals surface area (Å²) in [5.74, 6) is -0.559. The smallest absolute Gasteiger partial charge is 0.314 e. The maximum Gasteiger partial charge on any atom is 0.314 e. The second-order valence-electron chi connectivity index (χ2n) is 4.83. The lowest BCUT2D eigenvalue weighted by molar-refractivity contribution is -0.142. The molecule has 0 heterocycles. The molecule has 0 saturated heterocycles. The number of aryl methyl sites for hydroxylation is 1. The van der Waals surface area contributed by atoms with Gasteiger partial charge in [0.1, 0.15) is 0 Å². The van der Waals surface area contributed by atoms with E-state index in [0.29, 0.717) is 6.54 Å². The zero-order chi connectivity index (χ0) is 15.2. The molecule has 2 aromatic rings. The molecule has 1 unspecified atom stereocenters. The van der Waals surface area contributed by atoms with Crippen LogP contribution < -0.4 is 5.32 Å². The van der Waals surface area contributed by atoms with Crippen LogP contribution >= 0.6 is 15.9 Å². The van der Waals surface area contributed by atoms with Gasteiger partial charge < -0.3 is 10.1 Å². The predicted molar refractivity (Wildman–Crippen MR) is 88.6 cm³/mol. The first kappa shape index (κ1) is 15.6. The Hall–Kier alpha value is -1.81. The lowest BCUT2D eigenvalue weighted by Gasteiger charge is -2.17. The molecule has 2 aromatic carbocycles. The number of rotatable bonds is 5. The third-order valence-electron chi connectivity index (χ3n) is 3.38.